The fourth-order valence-electron chi connectivity index (χ4n) is 2.01. The van der Waals surface area contributed by atoms with Crippen LogP contribution in [-0.2, 0) is 4.74 Å². The molecule has 0 aromatic heterocycles. The fourth-order valence-corrected chi connectivity index (χ4v) is 2.01. The van der Waals surface area contributed by atoms with Crippen LogP contribution in [0.1, 0.15) is 11.6 Å². The number of aliphatic hydroxyl groups is 1. The molecule has 1 aliphatic heterocycles. The first-order chi connectivity index (χ1) is 8.22. The van der Waals surface area contributed by atoms with Crippen LogP contribution in [0.25, 0.3) is 0 Å². The zero-order valence-electron chi connectivity index (χ0n) is 9.60. The van der Waals surface area contributed by atoms with Crippen LogP contribution < -0.4 is 10.6 Å². The summed E-state index contributed by atoms with van der Waals surface area (Å²) in [6.45, 7) is 2.54. The van der Waals surface area contributed by atoms with Gasteiger partial charge in [0.15, 0.2) is 0 Å². The number of benzene rings is 1. The monoisotopic (exact) mass is 240 g/mol. The SMILES string of the molecule is NC(CO)c1ccc(F)cc1N1CCOCC1. The minimum atomic E-state index is -0.478. The van der Waals surface area contributed by atoms with E-state index in [2.05, 4.69) is 0 Å². The number of halogens is 1. The van der Waals surface area contributed by atoms with E-state index >= 15 is 0 Å². The largest absolute Gasteiger partial charge is 0.394 e. The second-order valence-corrected chi connectivity index (χ2v) is 4.09. The van der Waals surface area contributed by atoms with Crippen molar-refractivity contribution in [3.63, 3.8) is 0 Å². The predicted octanol–water partition coefficient (Wildman–Crippen LogP) is 0.654. The molecule has 0 bridgehead atoms. The van der Waals surface area contributed by atoms with Gasteiger partial charge in [0.25, 0.3) is 0 Å². The van der Waals surface area contributed by atoms with Gasteiger partial charge in [0.1, 0.15) is 5.82 Å². The smallest absolute Gasteiger partial charge is 0.125 e. The molecule has 0 radical (unpaired) electrons. The maximum absolute atomic E-state index is 13.3. The van der Waals surface area contributed by atoms with Crippen molar-refractivity contribution in [2.75, 3.05) is 37.8 Å². The van der Waals surface area contributed by atoms with Crippen LogP contribution in [0.2, 0.25) is 0 Å². The van der Waals surface area contributed by atoms with Gasteiger partial charge in [0, 0.05) is 18.8 Å². The second-order valence-electron chi connectivity index (χ2n) is 4.09. The molecule has 1 saturated heterocycles. The summed E-state index contributed by atoms with van der Waals surface area (Å²) in [5.74, 6) is -0.291. The van der Waals surface area contributed by atoms with Gasteiger partial charge in [0.2, 0.25) is 0 Å². The highest BCUT2D eigenvalue weighted by Gasteiger charge is 2.18. The van der Waals surface area contributed by atoms with E-state index in [0.717, 1.165) is 11.3 Å². The van der Waals surface area contributed by atoms with Gasteiger partial charge in [-0.15, -0.1) is 0 Å². The Morgan fingerprint density at radius 2 is 2.12 bits per heavy atom. The molecule has 0 spiro atoms. The number of rotatable bonds is 3. The number of anilines is 1. The Morgan fingerprint density at radius 1 is 1.41 bits per heavy atom. The molecule has 5 heteroatoms. The Balaban J connectivity index is 2.31. The lowest BCUT2D eigenvalue weighted by Gasteiger charge is -2.31. The molecule has 0 saturated carbocycles. The highest BCUT2D eigenvalue weighted by atomic mass is 19.1. The van der Waals surface area contributed by atoms with Crippen LogP contribution >= 0.6 is 0 Å². The normalized spacial score (nSPS) is 18.2. The van der Waals surface area contributed by atoms with E-state index in [1.54, 1.807) is 6.07 Å². The van der Waals surface area contributed by atoms with E-state index in [1.165, 1.54) is 12.1 Å². The standard InChI is InChI=1S/C12H17FN2O2/c13-9-1-2-10(11(14)8-16)12(7-9)15-3-5-17-6-4-15/h1-2,7,11,16H,3-6,8,14H2. The molecule has 1 heterocycles. The lowest BCUT2D eigenvalue weighted by Crippen LogP contribution is -2.37. The minimum Gasteiger partial charge on any atom is -0.394 e. The molecule has 94 valence electrons. The molecule has 1 unspecified atom stereocenters. The first-order valence-electron chi connectivity index (χ1n) is 5.71. The Morgan fingerprint density at radius 3 is 2.76 bits per heavy atom. The van der Waals surface area contributed by atoms with E-state index in [4.69, 9.17) is 15.6 Å². The number of hydrogen-bond donors (Lipinski definition) is 2. The van der Waals surface area contributed by atoms with E-state index < -0.39 is 6.04 Å². The molecule has 0 aliphatic carbocycles. The third-order valence-corrected chi connectivity index (χ3v) is 2.94. The molecule has 17 heavy (non-hydrogen) atoms. The van der Waals surface area contributed by atoms with Crippen LogP contribution in [0.4, 0.5) is 10.1 Å². The van der Waals surface area contributed by atoms with E-state index in [0.29, 0.717) is 26.3 Å². The maximum atomic E-state index is 13.3. The zero-order chi connectivity index (χ0) is 12.3. The van der Waals surface area contributed by atoms with Crippen LogP contribution in [0.3, 0.4) is 0 Å². The minimum absolute atomic E-state index is 0.150. The second kappa shape index (κ2) is 5.44. The number of ether oxygens (including phenoxy) is 1. The summed E-state index contributed by atoms with van der Waals surface area (Å²) in [6, 6.07) is 4.00. The Kier molecular flexibility index (Phi) is 3.93. The van der Waals surface area contributed by atoms with Crippen LogP contribution in [0.5, 0.6) is 0 Å². The van der Waals surface area contributed by atoms with Crippen LogP contribution in [0.15, 0.2) is 18.2 Å². The van der Waals surface area contributed by atoms with Crippen molar-refractivity contribution in [3.8, 4) is 0 Å². The first-order valence-corrected chi connectivity index (χ1v) is 5.71. The third kappa shape index (κ3) is 2.74. The Labute approximate surface area is 99.8 Å². The molecule has 4 nitrogen and oxygen atoms in total. The number of nitrogens with zero attached hydrogens (tertiary/aromatic N) is 1. The topological polar surface area (TPSA) is 58.7 Å². The Hall–Kier alpha value is -1.17. The molecule has 1 atom stereocenters. The van der Waals surface area contributed by atoms with Gasteiger partial charge < -0.3 is 20.5 Å². The highest BCUT2D eigenvalue weighted by molar-refractivity contribution is 5.55. The van der Waals surface area contributed by atoms with E-state index in [1.807, 2.05) is 4.90 Å². The molecule has 1 aromatic carbocycles. The highest BCUT2D eigenvalue weighted by Crippen LogP contribution is 2.27. The molecule has 3 N–H and O–H groups in total. The van der Waals surface area contributed by atoms with Gasteiger partial charge in [-0.25, -0.2) is 4.39 Å². The summed E-state index contributed by atoms with van der Waals surface area (Å²) in [6.07, 6.45) is 0. The van der Waals surface area contributed by atoms with Gasteiger partial charge in [-0.05, 0) is 17.7 Å². The summed E-state index contributed by atoms with van der Waals surface area (Å²) in [4.78, 5) is 2.04. The van der Waals surface area contributed by atoms with Crippen LogP contribution in [-0.4, -0.2) is 38.0 Å². The van der Waals surface area contributed by atoms with Crippen molar-refractivity contribution in [3.05, 3.63) is 29.6 Å². The van der Waals surface area contributed by atoms with E-state index in [-0.39, 0.29) is 12.4 Å². The predicted molar refractivity (Wildman–Crippen MR) is 63.4 cm³/mol. The summed E-state index contributed by atoms with van der Waals surface area (Å²) in [7, 11) is 0. The summed E-state index contributed by atoms with van der Waals surface area (Å²) in [5.41, 5.74) is 7.35. The molecular weight excluding hydrogens is 223 g/mol. The molecule has 0 amide bonds. The average molecular weight is 240 g/mol. The molecule has 2 rings (SSSR count). The van der Waals surface area contributed by atoms with Crippen molar-refractivity contribution in [2.24, 2.45) is 5.73 Å². The molecule has 1 aliphatic rings. The van der Waals surface area contributed by atoms with Crippen molar-refractivity contribution < 1.29 is 14.2 Å². The first kappa shape index (κ1) is 12.3. The van der Waals surface area contributed by atoms with Gasteiger partial charge in [-0.3, -0.25) is 0 Å². The number of hydrogen-bond acceptors (Lipinski definition) is 4. The molecular formula is C12H17FN2O2. The number of aliphatic hydroxyl groups excluding tert-OH is 1. The summed E-state index contributed by atoms with van der Waals surface area (Å²) < 4.78 is 18.6. The third-order valence-electron chi connectivity index (χ3n) is 2.94. The van der Waals surface area contributed by atoms with Gasteiger partial charge in [-0.1, -0.05) is 6.07 Å². The van der Waals surface area contributed by atoms with Crippen molar-refractivity contribution >= 4 is 5.69 Å². The molecule has 1 aromatic rings. The maximum Gasteiger partial charge on any atom is 0.125 e. The van der Waals surface area contributed by atoms with Crippen molar-refractivity contribution in [1.82, 2.24) is 0 Å². The summed E-state index contributed by atoms with van der Waals surface area (Å²) >= 11 is 0. The Bertz CT molecular complexity index is 381. The number of morpholine rings is 1. The lowest BCUT2D eigenvalue weighted by molar-refractivity contribution is 0.122. The van der Waals surface area contributed by atoms with E-state index in [9.17, 15) is 4.39 Å². The fraction of sp³-hybridized carbons (Fsp3) is 0.500. The zero-order valence-corrected chi connectivity index (χ0v) is 9.60. The average Bonchev–Trinajstić information content (AvgIpc) is 2.39. The summed E-state index contributed by atoms with van der Waals surface area (Å²) in [5, 5.41) is 9.12. The van der Waals surface area contributed by atoms with Crippen molar-refractivity contribution in [2.45, 2.75) is 6.04 Å². The molecule has 1 fully saturated rings. The number of nitrogens with two attached hydrogens (primary N) is 1. The van der Waals surface area contributed by atoms with Gasteiger partial charge in [0.05, 0.1) is 25.9 Å². The van der Waals surface area contributed by atoms with Gasteiger partial charge >= 0.3 is 0 Å². The lowest BCUT2D eigenvalue weighted by atomic mass is 10.0. The van der Waals surface area contributed by atoms with Crippen molar-refractivity contribution in [1.29, 1.82) is 0 Å². The quantitative estimate of drug-likeness (QED) is 0.814. The van der Waals surface area contributed by atoms with Gasteiger partial charge in [-0.2, -0.15) is 0 Å². The van der Waals surface area contributed by atoms with Crippen LogP contribution in [0, 0.1) is 5.82 Å².